The van der Waals surface area contributed by atoms with Gasteiger partial charge in [0.2, 0.25) is 5.91 Å². The number of carbonyl (C=O) groups excluding carboxylic acids is 2. The Kier molecular flexibility index (Phi) is 4.17. The number of rotatable bonds is 4. The molecule has 0 aromatic heterocycles. The summed E-state index contributed by atoms with van der Waals surface area (Å²) in [4.78, 5) is 26.6. The monoisotopic (exact) mass is 327 g/mol. The van der Waals surface area contributed by atoms with E-state index in [2.05, 4.69) is 34.9 Å². The van der Waals surface area contributed by atoms with Gasteiger partial charge < -0.3 is 15.5 Å². The lowest BCUT2D eigenvalue weighted by Gasteiger charge is -2.25. The molecule has 0 bridgehead atoms. The van der Waals surface area contributed by atoms with Crippen molar-refractivity contribution in [3.05, 3.63) is 35.4 Å². The molecule has 128 valence electrons. The maximum atomic E-state index is 12.6. The summed E-state index contributed by atoms with van der Waals surface area (Å²) in [5.74, 6) is 0.419. The SMILES string of the molecule is O=C(NC1CC1)[C@H]1CCCN1C(=O)NC[C@@H]1CCc2ccccc21. The van der Waals surface area contributed by atoms with Gasteiger partial charge in [-0.15, -0.1) is 0 Å². The number of likely N-dealkylation sites (tertiary alicyclic amines) is 1. The second-order valence-electron chi connectivity index (χ2n) is 7.25. The molecule has 2 atom stereocenters. The van der Waals surface area contributed by atoms with Gasteiger partial charge in [0.25, 0.3) is 0 Å². The van der Waals surface area contributed by atoms with Gasteiger partial charge in [0.1, 0.15) is 6.04 Å². The third-order valence-corrected chi connectivity index (χ3v) is 5.50. The summed E-state index contributed by atoms with van der Waals surface area (Å²) in [5.41, 5.74) is 2.77. The molecule has 0 spiro atoms. The summed E-state index contributed by atoms with van der Waals surface area (Å²) in [6.45, 7) is 1.33. The predicted molar refractivity (Wildman–Crippen MR) is 91.8 cm³/mol. The topological polar surface area (TPSA) is 61.4 Å². The number of nitrogens with one attached hydrogen (secondary N) is 2. The van der Waals surface area contributed by atoms with E-state index in [0.717, 1.165) is 38.5 Å². The van der Waals surface area contributed by atoms with Crippen LogP contribution < -0.4 is 10.6 Å². The second-order valence-corrected chi connectivity index (χ2v) is 7.25. The zero-order chi connectivity index (χ0) is 16.5. The molecule has 5 heteroatoms. The van der Waals surface area contributed by atoms with Crippen molar-refractivity contribution in [1.82, 2.24) is 15.5 Å². The Bertz CT molecular complexity index is 641. The van der Waals surface area contributed by atoms with E-state index < -0.39 is 0 Å². The minimum absolute atomic E-state index is 0.0244. The molecule has 1 aliphatic heterocycles. The summed E-state index contributed by atoms with van der Waals surface area (Å²) in [5, 5.41) is 6.10. The van der Waals surface area contributed by atoms with Crippen LogP contribution in [0, 0.1) is 0 Å². The molecule has 24 heavy (non-hydrogen) atoms. The number of hydrogen-bond donors (Lipinski definition) is 2. The average molecular weight is 327 g/mol. The van der Waals surface area contributed by atoms with Gasteiger partial charge in [-0.3, -0.25) is 4.79 Å². The van der Waals surface area contributed by atoms with Crippen LogP contribution in [0.25, 0.3) is 0 Å². The highest BCUT2D eigenvalue weighted by molar-refractivity contribution is 5.88. The number of hydrogen-bond acceptors (Lipinski definition) is 2. The lowest BCUT2D eigenvalue weighted by Crippen LogP contribution is -2.50. The molecule has 3 amide bonds. The first-order valence-corrected chi connectivity index (χ1v) is 9.15. The molecule has 1 aromatic carbocycles. The van der Waals surface area contributed by atoms with Gasteiger partial charge in [0, 0.05) is 25.0 Å². The van der Waals surface area contributed by atoms with Crippen LogP contribution in [-0.4, -0.2) is 42.0 Å². The largest absolute Gasteiger partial charge is 0.352 e. The third-order valence-electron chi connectivity index (χ3n) is 5.50. The van der Waals surface area contributed by atoms with Crippen LogP contribution in [-0.2, 0) is 11.2 Å². The van der Waals surface area contributed by atoms with E-state index in [1.165, 1.54) is 11.1 Å². The minimum Gasteiger partial charge on any atom is -0.352 e. The molecule has 0 radical (unpaired) electrons. The van der Waals surface area contributed by atoms with E-state index in [-0.39, 0.29) is 18.0 Å². The summed E-state index contributed by atoms with van der Waals surface area (Å²) < 4.78 is 0. The van der Waals surface area contributed by atoms with Gasteiger partial charge in [-0.25, -0.2) is 4.79 Å². The van der Waals surface area contributed by atoms with Crippen molar-refractivity contribution in [3.8, 4) is 0 Å². The quantitative estimate of drug-likeness (QED) is 0.890. The van der Waals surface area contributed by atoms with Crippen molar-refractivity contribution in [2.45, 2.75) is 56.5 Å². The van der Waals surface area contributed by atoms with Crippen molar-refractivity contribution in [2.24, 2.45) is 0 Å². The molecule has 1 saturated heterocycles. The van der Waals surface area contributed by atoms with Crippen LogP contribution in [0.2, 0.25) is 0 Å². The summed E-state index contributed by atoms with van der Waals surface area (Å²) in [6, 6.07) is 8.45. The molecular weight excluding hydrogens is 302 g/mol. The van der Waals surface area contributed by atoms with Crippen LogP contribution in [0.3, 0.4) is 0 Å². The van der Waals surface area contributed by atoms with Crippen molar-refractivity contribution in [1.29, 1.82) is 0 Å². The van der Waals surface area contributed by atoms with E-state index in [1.807, 2.05) is 0 Å². The molecule has 1 heterocycles. The van der Waals surface area contributed by atoms with E-state index in [0.29, 0.717) is 25.0 Å². The molecule has 2 N–H and O–H groups in total. The fraction of sp³-hybridized carbons (Fsp3) is 0.579. The smallest absolute Gasteiger partial charge is 0.318 e. The van der Waals surface area contributed by atoms with E-state index in [1.54, 1.807) is 4.90 Å². The predicted octanol–water partition coefficient (Wildman–Crippen LogP) is 2.17. The van der Waals surface area contributed by atoms with Crippen LogP contribution >= 0.6 is 0 Å². The fourth-order valence-corrected chi connectivity index (χ4v) is 3.98. The number of aryl methyl sites for hydroxylation is 1. The Morgan fingerprint density at radius 1 is 1.12 bits per heavy atom. The van der Waals surface area contributed by atoms with Crippen LogP contribution in [0.5, 0.6) is 0 Å². The zero-order valence-electron chi connectivity index (χ0n) is 14.0. The first kappa shape index (κ1) is 15.5. The summed E-state index contributed by atoms with van der Waals surface area (Å²) >= 11 is 0. The Morgan fingerprint density at radius 2 is 1.96 bits per heavy atom. The highest BCUT2D eigenvalue weighted by Crippen LogP contribution is 2.32. The minimum atomic E-state index is -0.290. The molecule has 2 fully saturated rings. The number of amides is 3. The van der Waals surface area contributed by atoms with Gasteiger partial charge in [0.05, 0.1) is 0 Å². The Morgan fingerprint density at radius 3 is 2.79 bits per heavy atom. The van der Waals surface area contributed by atoms with Gasteiger partial charge in [-0.05, 0) is 49.7 Å². The second kappa shape index (κ2) is 6.46. The Labute approximate surface area is 142 Å². The molecule has 1 saturated carbocycles. The first-order valence-electron chi connectivity index (χ1n) is 9.15. The highest BCUT2D eigenvalue weighted by atomic mass is 16.2. The van der Waals surface area contributed by atoms with Crippen molar-refractivity contribution < 1.29 is 9.59 Å². The number of nitrogens with zero attached hydrogens (tertiary/aromatic N) is 1. The molecule has 1 aromatic rings. The maximum Gasteiger partial charge on any atom is 0.318 e. The zero-order valence-corrected chi connectivity index (χ0v) is 14.0. The van der Waals surface area contributed by atoms with Gasteiger partial charge in [0.15, 0.2) is 0 Å². The highest BCUT2D eigenvalue weighted by Gasteiger charge is 2.36. The maximum absolute atomic E-state index is 12.6. The van der Waals surface area contributed by atoms with Crippen molar-refractivity contribution in [3.63, 3.8) is 0 Å². The molecule has 3 aliphatic rings. The molecule has 4 rings (SSSR count). The van der Waals surface area contributed by atoms with E-state index in [4.69, 9.17) is 0 Å². The summed E-state index contributed by atoms with van der Waals surface area (Å²) in [7, 11) is 0. The molecule has 5 nitrogen and oxygen atoms in total. The molecule has 0 unspecified atom stereocenters. The fourth-order valence-electron chi connectivity index (χ4n) is 3.98. The van der Waals surface area contributed by atoms with Gasteiger partial charge in [-0.1, -0.05) is 24.3 Å². The number of urea groups is 1. The molecular formula is C19H25N3O2. The number of fused-ring (bicyclic) bond motifs is 1. The van der Waals surface area contributed by atoms with E-state index >= 15 is 0 Å². The molecule has 2 aliphatic carbocycles. The van der Waals surface area contributed by atoms with Crippen LogP contribution in [0.1, 0.15) is 49.1 Å². The van der Waals surface area contributed by atoms with Crippen LogP contribution in [0.15, 0.2) is 24.3 Å². The number of benzene rings is 1. The average Bonchev–Trinajstić information content (AvgIpc) is 3.13. The summed E-state index contributed by atoms with van der Waals surface area (Å²) in [6.07, 6.45) is 6.01. The van der Waals surface area contributed by atoms with E-state index in [9.17, 15) is 9.59 Å². The Hall–Kier alpha value is -2.04. The van der Waals surface area contributed by atoms with Crippen molar-refractivity contribution in [2.75, 3.05) is 13.1 Å². The van der Waals surface area contributed by atoms with Gasteiger partial charge >= 0.3 is 6.03 Å². The number of carbonyl (C=O) groups is 2. The van der Waals surface area contributed by atoms with Gasteiger partial charge in [-0.2, -0.15) is 0 Å². The van der Waals surface area contributed by atoms with Crippen molar-refractivity contribution >= 4 is 11.9 Å². The lowest BCUT2D eigenvalue weighted by molar-refractivity contribution is -0.124. The third kappa shape index (κ3) is 3.12. The lowest BCUT2D eigenvalue weighted by atomic mass is 10.0. The standard InChI is InChI=1S/C19H25N3O2/c23-18(21-15-9-10-15)17-6-3-11-22(17)19(24)20-12-14-8-7-13-4-1-2-5-16(13)14/h1-2,4-5,14-15,17H,3,6-12H2,(H,20,24)(H,21,23)/t14-,17+/m0/s1. The normalized spacial score (nSPS) is 25.4. The Balaban J connectivity index is 1.33. The first-order chi connectivity index (χ1) is 11.7. The van der Waals surface area contributed by atoms with Crippen LogP contribution in [0.4, 0.5) is 4.79 Å².